The van der Waals surface area contributed by atoms with Gasteiger partial charge in [-0.2, -0.15) is 0 Å². The van der Waals surface area contributed by atoms with Crippen LogP contribution in [0, 0.1) is 19.7 Å². The molecule has 1 heterocycles. The second-order valence-corrected chi connectivity index (χ2v) is 4.07. The number of pyridine rings is 1. The average Bonchev–Trinajstić information content (AvgIpc) is 2.26. The molecule has 0 aliphatic heterocycles. The Hall–Kier alpha value is -1.64. The van der Waals surface area contributed by atoms with Crippen molar-refractivity contribution in [3.63, 3.8) is 0 Å². The average molecular weight is 218 g/mol. The van der Waals surface area contributed by atoms with E-state index in [2.05, 4.69) is 4.98 Å². The topological polar surface area (TPSA) is 38.9 Å². The minimum Gasteiger partial charge on any atom is -0.398 e. The Morgan fingerprint density at radius 3 is 2.62 bits per heavy atom. The van der Waals surface area contributed by atoms with Gasteiger partial charge in [-0.15, -0.1) is 0 Å². The SMILES string of the molecule is CCc1nc2cc(F)c(C)cc2c(N)c1C. The number of nitrogen functional groups attached to an aromatic ring is 1. The third-order valence-electron chi connectivity index (χ3n) is 2.99. The first-order chi connectivity index (χ1) is 7.54. The lowest BCUT2D eigenvalue weighted by molar-refractivity contribution is 0.620. The third kappa shape index (κ3) is 1.52. The van der Waals surface area contributed by atoms with Gasteiger partial charge in [0.25, 0.3) is 0 Å². The van der Waals surface area contributed by atoms with Crippen molar-refractivity contribution in [1.82, 2.24) is 4.98 Å². The van der Waals surface area contributed by atoms with Crippen LogP contribution in [-0.4, -0.2) is 4.98 Å². The lowest BCUT2D eigenvalue weighted by Crippen LogP contribution is -2.01. The van der Waals surface area contributed by atoms with Crippen molar-refractivity contribution in [2.75, 3.05) is 5.73 Å². The van der Waals surface area contributed by atoms with E-state index in [1.807, 2.05) is 13.8 Å². The molecular weight excluding hydrogens is 203 g/mol. The maximum absolute atomic E-state index is 13.4. The van der Waals surface area contributed by atoms with Crippen LogP contribution >= 0.6 is 0 Å². The molecule has 0 amide bonds. The van der Waals surface area contributed by atoms with Crippen LogP contribution in [0.25, 0.3) is 10.9 Å². The van der Waals surface area contributed by atoms with Crippen molar-refractivity contribution in [1.29, 1.82) is 0 Å². The van der Waals surface area contributed by atoms with Gasteiger partial charge in [0.05, 0.1) is 5.52 Å². The number of aryl methyl sites for hydroxylation is 2. The third-order valence-corrected chi connectivity index (χ3v) is 2.99. The first-order valence-corrected chi connectivity index (χ1v) is 5.39. The number of anilines is 1. The van der Waals surface area contributed by atoms with Crippen molar-refractivity contribution < 1.29 is 4.39 Å². The number of nitrogens with two attached hydrogens (primary N) is 1. The molecule has 0 saturated heterocycles. The van der Waals surface area contributed by atoms with E-state index in [1.165, 1.54) is 6.07 Å². The van der Waals surface area contributed by atoms with Gasteiger partial charge in [-0.1, -0.05) is 6.92 Å². The summed E-state index contributed by atoms with van der Waals surface area (Å²) in [5.41, 5.74) is 9.95. The summed E-state index contributed by atoms with van der Waals surface area (Å²) in [5.74, 6) is -0.231. The number of fused-ring (bicyclic) bond motifs is 1. The molecule has 2 rings (SSSR count). The predicted molar refractivity (Wildman–Crippen MR) is 65.0 cm³/mol. The first-order valence-electron chi connectivity index (χ1n) is 5.39. The molecule has 0 unspecified atom stereocenters. The van der Waals surface area contributed by atoms with E-state index >= 15 is 0 Å². The maximum Gasteiger partial charge on any atom is 0.128 e. The summed E-state index contributed by atoms with van der Waals surface area (Å²) in [7, 11) is 0. The van der Waals surface area contributed by atoms with Crippen molar-refractivity contribution in [3.8, 4) is 0 Å². The minimum atomic E-state index is -0.231. The highest BCUT2D eigenvalue weighted by Crippen LogP contribution is 2.27. The van der Waals surface area contributed by atoms with Gasteiger partial charge in [0.2, 0.25) is 0 Å². The van der Waals surface area contributed by atoms with Crippen molar-refractivity contribution in [3.05, 3.63) is 34.8 Å². The summed E-state index contributed by atoms with van der Waals surface area (Å²) in [5, 5.41) is 0.841. The standard InChI is InChI=1S/C13H15FN2/c1-4-11-8(3)13(15)9-5-7(2)10(14)6-12(9)16-11/h5-6H,4H2,1-3H3,(H2,15,16). The van der Waals surface area contributed by atoms with Crippen molar-refractivity contribution in [2.24, 2.45) is 0 Å². The zero-order valence-electron chi connectivity index (χ0n) is 9.76. The Bertz CT molecular complexity index is 562. The van der Waals surface area contributed by atoms with Crippen molar-refractivity contribution >= 4 is 16.6 Å². The van der Waals surface area contributed by atoms with Crippen LogP contribution in [0.15, 0.2) is 12.1 Å². The molecule has 1 aromatic heterocycles. The van der Waals surface area contributed by atoms with Gasteiger partial charge >= 0.3 is 0 Å². The molecule has 0 aliphatic rings. The van der Waals surface area contributed by atoms with E-state index in [4.69, 9.17) is 5.73 Å². The molecule has 0 atom stereocenters. The van der Waals surface area contributed by atoms with E-state index < -0.39 is 0 Å². The monoisotopic (exact) mass is 218 g/mol. The van der Waals surface area contributed by atoms with E-state index in [0.717, 1.165) is 23.1 Å². The molecule has 2 aromatic rings. The fraction of sp³-hybridized carbons (Fsp3) is 0.308. The molecule has 0 saturated carbocycles. The molecule has 2 N–H and O–H groups in total. The second-order valence-electron chi connectivity index (χ2n) is 4.07. The van der Waals surface area contributed by atoms with Gasteiger partial charge in [0.15, 0.2) is 0 Å². The zero-order chi connectivity index (χ0) is 11.9. The van der Waals surface area contributed by atoms with Crippen LogP contribution in [0.4, 0.5) is 10.1 Å². The molecule has 1 aromatic carbocycles. The number of halogens is 1. The zero-order valence-corrected chi connectivity index (χ0v) is 9.76. The fourth-order valence-electron chi connectivity index (χ4n) is 1.91. The number of hydrogen-bond acceptors (Lipinski definition) is 2. The largest absolute Gasteiger partial charge is 0.398 e. The predicted octanol–water partition coefficient (Wildman–Crippen LogP) is 3.14. The summed E-state index contributed by atoms with van der Waals surface area (Å²) in [6.45, 7) is 5.71. The van der Waals surface area contributed by atoms with E-state index in [9.17, 15) is 4.39 Å². The number of nitrogens with zero attached hydrogens (tertiary/aromatic N) is 1. The smallest absolute Gasteiger partial charge is 0.128 e. The van der Waals surface area contributed by atoms with Crippen LogP contribution in [0.1, 0.15) is 23.7 Å². The molecule has 0 fully saturated rings. The van der Waals surface area contributed by atoms with Crippen LogP contribution < -0.4 is 5.73 Å². The van der Waals surface area contributed by atoms with Crippen LogP contribution in [0.2, 0.25) is 0 Å². The molecule has 0 spiro atoms. The highest BCUT2D eigenvalue weighted by Gasteiger charge is 2.10. The fourth-order valence-corrected chi connectivity index (χ4v) is 1.91. The maximum atomic E-state index is 13.4. The van der Waals surface area contributed by atoms with Crippen LogP contribution in [0.5, 0.6) is 0 Å². The molecule has 84 valence electrons. The molecule has 3 heteroatoms. The number of hydrogen-bond donors (Lipinski definition) is 1. The van der Waals surface area contributed by atoms with Crippen LogP contribution in [0.3, 0.4) is 0 Å². The second kappa shape index (κ2) is 3.74. The quantitative estimate of drug-likeness (QED) is 0.798. The Kier molecular flexibility index (Phi) is 2.54. The minimum absolute atomic E-state index is 0.231. The van der Waals surface area contributed by atoms with Gasteiger partial charge in [-0.05, 0) is 37.5 Å². The molecule has 0 radical (unpaired) electrons. The molecule has 0 bridgehead atoms. The Morgan fingerprint density at radius 1 is 1.31 bits per heavy atom. The number of rotatable bonds is 1. The highest BCUT2D eigenvalue weighted by atomic mass is 19.1. The van der Waals surface area contributed by atoms with Gasteiger partial charge in [0, 0.05) is 22.8 Å². The Labute approximate surface area is 94.3 Å². The first kappa shape index (κ1) is 10.9. The lowest BCUT2D eigenvalue weighted by Gasteiger charge is -2.10. The van der Waals surface area contributed by atoms with Gasteiger partial charge < -0.3 is 5.73 Å². The highest BCUT2D eigenvalue weighted by molar-refractivity contribution is 5.92. The summed E-state index contributed by atoms with van der Waals surface area (Å²) in [4.78, 5) is 4.44. The summed E-state index contributed by atoms with van der Waals surface area (Å²) < 4.78 is 13.4. The summed E-state index contributed by atoms with van der Waals surface area (Å²) >= 11 is 0. The molecule has 16 heavy (non-hydrogen) atoms. The lowest BCUT2D eigenvalue weighted by atomic mass is 10.0. The van der Waals surface area contributed by atoms with E-state index in [0.29, 0.717) is 16.8 Å². The van der Waals surface area contributed by atoms with Gasteiger partial charge in [0.1, 0.15) is 5.82 Å². The van der Waals surface area contributed by atoms with Gasteiger partial charge in [-0.3, -0.25) is 4.98 Å². The van der Waals surface area contributed by atoms with Crippen LogP contribution in [-0.2, 0) is 6.42 Å². The Balaban J connectivity index is 2.87. The summed E-state index contributed by atoms with van der Waals surface area (Å²) in [6, 6.07) is 3.22. The molecule has 0 aliphatic carbocycles. The number of aromatic nitrogens is 1. The molecule has 2 nitrogen and oxygen atoms in total. The van der Waals surface area contributed by atoms with E-state index in [1.54, 1.807) is 13.0 Å². The number of benzene rings is 1. The van der Waals surface area contributed by atoms with Crippen molar-refractivity contribution in [2.45, 2.75) is 27.2 Å². The van der Waals surface area contributed by atoms with Gasteiger partial charge in [-0.25, -0.2) is 4.39 Å². The summed E-state index contributed by atoms with van der Waals surface area (Å²) in [6.07, 6.45) is 0.807. The van der Waals surface area contributed by atoms with E-state index in [-0.39, 0.29) is 5.82 Å². The Morgan fingerprint density at radius 2 is 2.00 bits per heavy atom. The normalized spacial score (nSPS) is 11.0. The molecular formula is C13H15FN2.